The lowest BCUT2D eigenvalue weighted by atomic mass is 9.68. The molecule has 5 aromatic carbocycles. The highest BCUT2D eigenvalue weighted by Crippen LogP contribution is 2.52. The molecule has 0 saturated heterocycles. The van der Waals surface area contributed by atoms with Gasteiger partial charge in [0.05, 0.1) is 11.0 Å². The van der Waals surface area contributed by atoms with E-state index in [0.29, 0.717) is 0 Å². The highest BCUT2D eigenvalue weighted by molar-refractivity contribution is 6.23. The van der Waals surface area contributed by atoms with Gasteiger partial charge in [0, 0.05) is 45.4 Å². The molecule has 1 aliphatic rings. The smallest absolute Gasteiger partial charge is 0.0626 e. The zero-order chi connectivity index (χ0) is 25.4. The van der Waals surface area contributed by atoms with Gasteiger partial charge in [0.15, 0.2) is 0 Å². The third-order valence-corrected chi connectivity index (χ3v) is 8.35. The van der Waals surface area contributed by atoms with Crippen LogP contribution in [0.3, 0.4) is 0 Å². The lowest BCUT2D eigenvalue weighted by Gasteiger charge is -2.35. The van der Waals surface area contributed by atoms with Crippen molar-refractivity contribution in [2.45, 2.75) is 19.3 Å². The van der Waals surface area contributed by atoms with E-state index in [-0.39, 0.29) is 5.41 Å². The van der Waals surface area contributed by atoms with E-state index in [9.17, 15) is 0 Å². The van der Waals surface area contributed by atoms with Gasteiger partial charge in [0.1, 0.15) is 0 Å². The fraction of sp³-hybridized carbons (Fsp3) is 0.0833. The van der Waals surface area contributed by atoms with Gasteiger partial charge in [-0.3, -0.25) is 0 Å². The Morgan fingerprint density at radius 1 is 0.737 bits per heavy atom. The Bertz CT molecular complexity index is 2030. The maximum Gasteiger partial charge on any atom is 0.0626 e. The first-order valence-corrected chi connectivity index (χ1v) is 13.1. The summed E-state index contributed by atoms with van der Waals surface area (Å²) >= 11 is 0. The molecule has 0 bridgehead atoms. The van der Waals surface area contributed by atoms with Gasteiger partial charge >= 0.3 is 0 Å². The van der Waals surface area contributed by atoms with E-state index < -0.39 is 0 Å². The molecule has 0 N–H and O–H groups in total. The van der Waals surface area contributed by atoms with Crippen molar-refractivity contribution in [2.75, 3.05) is 0 Å². The molecule has 2 nitrogen and oxygen atoms in total. The van der Waals surface area contributed by atoms with Gasteiger partial charge in [0.2, 0.25) is 0 Å². The molecule has 0 spiro atoms. The molecule has 1 aliphatic carbocycles. The SMILES string of the molecule is CC1(C)c2ccccc2-c2c3c1cccc3cc1c3ccccc3n(-c3ccc(-c4c#cncc4)cc3)c21. The van der Waals surface area contributed by atoms with Crippen molar-refractivity contribution >= 4 is 32.6 Å². The van der Waals surface area contributed by atoms with Gasteiger partial charge in [-0.1, -0.05) is 86.6 Å². The van der Waals surface area contributed by atoms with E-state index in [0.717, 1.165) is 16.8 Å². The summed E-state index contributed by atoms with van der Waals surface area (Å²) < 4.78 is 2.46. The molecule has 0 saturated carbocycles. The summed E-state index contributed by atoms with van der Waals surface area (Å²) in [7, 11) is 0. The van der Waals surface area contributed by atoms with Crippen LogP contribution in [-0.4, -0.2) is 9.55 Å². The first-order valence-electron chi connectivity index (χ1n) is 13.1. The predicted molar refractivity (Wildman–Crippen MR) is 157 cm³/mol. The summed E-state index contributed by atoms with van der Waals surface area (Å²) in [5.74, 6) is 0. The number of benzene rings is 5. The molecule has 0 unspecified atom stereocenters. The number of rotatable bonds is 2. The largest absolute Gasteiger partial charge is 0.309 e. The molecule has 0 atom stereocenters. The number of hydrogen-bond acceptors (Lipinski definition) is 1. The van der Waals surface area contributed by atoms with E-state index in [1.54, 1.807) is 6.20 Å². The van der Waals surface area contributed by atoms with E-state index in [1.165, 1.54) is 54.8 Å². The molecule has 178 valence electrons. The zero-order valence-electron chi connectivity index (χ0n) is 21.3. The van der Waals surface area contributed by atoms with Crippen molar-refractivity contribution in [1.29, 1.82) is 0 Å². The first kappa shape index (κ1) is 21.2. The third-order valence-electron chi connectivity index (χ3n) is 8.35. The van der Waals surface area contributed by atoms with Crippen LogP contribution in [0.15, 0.2) is 109 Å². The molecule has 0 radical (unpaired) electrons. The highest BCUT2D eigenvalue weighted by atomic mass is 15.0. The van der Waals surface area contributed by atoms with Crippen molar-refractivity contribution < 1.29 is 0 Å². The lowest BCUT2D eigenvalue weighted by Crippen LogP contribution is -2.23. The van der Waals surface area contributed by atoms with Crippen molar-refractivity contribution in [3.05, 3.63) is 133 Å². The van der Waals surface area contributed by atoms with Crippen molar-refractivity contribution in [3.63, 3.8) is 0 Å². The Morgan fingerprint density at radius 3 is 2.37 bits per heavy atom. The Morgan fingerprint density at radius 2 is 1.53 bits per heavy atom. The highest BCUT2D eigenvalue weighted by Gasteiger charge is 2.35. The topological polar surface area (TPSA) is 17.8 Å². The normalized spacial score (nSPS) is 13.5. The summed E-state index contributed by atoms with van der Waals surface area (Å²) in [5, 5.41) is 5.23. The molecule has 38 heavy (non-hydrogen) atoms. The first-order chi connectivity index (χ1) is 18.6. The second kappa shape index (κ2) is 7.57. The molecule has 0 aliphatic heterocycles. The van der Waals surface area contributed by atoms with Gasteiger partial charge in [-0.05, 0) is 69.4 Å². The average molecular weight is 485 g/mol. The number of fused-ring (bicyclic) bond motifs is 6. The maximum atomic E-state index is 4.00. The van der Waals surface area contributed by atoms with Gasteiger partial charge in [-0.2, -0.15) is 0 Å². The van der Waals surface area contributed by atoms with Crippen LogP contribution in [0.5, 0.6) is 0 Å². The molecule has 0 fully saturated rings. The van der Waals surface area contributed by atoms with Crippen LogP contribution in [-0.2, 0) is 5.41 Å². The van der Waals surface area contributed by atoms with Crippen LogP contribution in [0, 0.1) is 12.3 Å². The molecule has 2 heterocycles. The van der Waals surface area contributed by atoms with Gasteiger partial charge in [0.25, 0.3) is 0 Å². The predicted octanol–water partition coefficient (Wildman–Crippen LogP) is 8.91. The Balaban J connectivity index is 1.53. The Kier molecular flexibility index (Phi) is 4.23. The minimum absolute atomic E-state index is 0.0761. The van der Waals surface area contributed by atoms with Crippen LogP contribution in [0.4, 0.5) is 0 Å². The van der Waals surface area contributed by atoms with Crippen molar-refractivity contribution in [2.24, 2.45) is 0 Å². The van der Waals surface area contributed by atoms with Gasteiger partial charge in [-0.15, -0.1) is 0 Å². The molecular formula is C36H24N2. The van der Waals surface area contributed by atoms with Crippen molar-refractivity contribution in [3.8, 4) is 27.9 Å². The van der Waals surface area contributed by atoms with Crippen LogP contribution in [0.1, 0.15) is 25.0 Å². The molecule has 2 heteroatoms. The summed E-state index contributed by atoms with van der Waals surface area (Å²) in [4.78, 5) is 4.00. The van der Waals surface area contributed by atoms with Gasteiger partial charge in [-0.25, -0.2) is 4.98 Å². The van der Waals surface area contributed by atoms with Crippen LogP contribution in [0.25, 0.3) is 60.5 Å². The number of nitrogens with zero attached hydrogens (tertiary/aromatic N) is 2. The number of hydrogen-bond donors (Lipinski definition) is 0. The number of para-hydroxylation sites is 1. The monoisotopic (exact) mass is 484 g/mol. The standard InChI is InChI=1S/C36H24N2/c1-36(2)30-11-5-3-10-28(30)34-33-25(8-7-12-31(33)36)22-29-27-9-4-6-13-32(27)38(35(29)34)26-16-14-23(15-17-26)24-18-20-37-21-19-24/h3-18,20,22H,1-2H3. The van der Waals surface area contributed by atoms with Gasteiger partial charge < -0.3 is 4.57 Å². The fourth-order valence-corrected chi connectivity index (χ4v) is 6.58. The van der Waals surface area contributed by atoms with E-state index in [4.69, 9.17) is 0 Å². The Labute approximate surface area is 221 Å². The van der Waals surface area contributed by atoms with Crippen molar-refractivity contribution in [1.82, 2.24) is 9.55 Å². The Hall–Kier alpha value is -4.87. The average Bonchev–Trinajstić information content (AvgIpc) is 3.30. The molecular weight excluding hydrogens is 460 g/mol. The van der Waals surface area contributed by atoms with E-state index in [1.807, 2.05) is 6.07 Å². The molecule has 2 aromatic heterocycles. The second-order valence-electron chi connectivity index (χ2n) is 10.7. The fourth-order valence-electron chi connectivity index (χ4n) is 6.58. The zero-order valence-corrected chi connectivity index (χ0v) is 21.3. The minimum atomic E-state index is -0.0761. The maximum absolute atomic E-state index is 4.00. The minimum Gasteiger partial charge on any atom is -0.309 e. The number of aromatic nitrogens is 2. The lowest BCUT2D eigenvalue weighted by molar-refractivity contribution is 0.645. The van der Waals surface area contributed by atoms with E-state index >= 15 is 0 Å². The van der Waals surface area contributed by atoms with Crippen LogP contribution < -0.4 is 0 Å². The summed E-state index contributed by atoms with van der Waals surface area (Å²) in [6.07, 6.45) is 4.59. The summed E-state index contributed by atoms with van der Waals surface area (Å²) in [6, 6.07) is 40.8. The quantitative estimate of drug-likeness (QED) is 0.240. The van der Waals surface area contributed by atoms with Crippen LogP contribution in [0.2, 0.25) is 0 Å². The van der Waals surface area contributed by atoms with Crippen LogP contribution >= 0.6 is 0 Å². The second-order valence-corrected chi connectivity index (χ2v) is 10.7. The third kappa shape index (κ3) is 2.76. The molecule has 0 amide bonds. The van der Waals surface area contributed by atoms with E-state index in [2.05, 4.69) is 133 Å². The summed E-state index contributed by atoms with van der Waals surface area (Å²) in [5.41, 5.74) is 11.1. The molecule has 8 rings (SSSR count). The molecule has 7 aromatic rings. The summed E-state index contributed by atoms with van der Waals surface area (Å²) in [6.45, 7) is 4.71.